The van der Waals surface area contributed by atoms with Gasteiger partial charge in [0, 0.05) is 42.5 Å². The van der Waals surface area contributed by atoms with Crippen molar-refractivity contribution in [3.8, 4) is 0 Å². The summed E-state index contributed by atoms with van der Waals surface area (Å²) >= 11 is 0. The maximum absolute atomic E-state index is 13.8. The molecule has 34 heavy (non-hydrogen) atoms. The third-order valence-corrected chi connectivity index (χ3v) is 5.31. The fraction of sp³-hybridized carbons (Fsp3) is 0.333. The van der Waals surface area contributed by atoms with E-state index < -0.39 is 48.5 Å². The Kier molecular flexibility index (Phi) is 6.12. The van der Waals surface area contributed by atoms with Gasteiger partial charge in [-0.3, -0.25) is 9.59 Å². The molecule has 4 nitrogen and oxygen atoms in total. The summed E-state index contributed by atoms with van der Waals surface area (Å²) in [6, 6.07) is 8.14. The molecule has 2 aromatic carbocycles. The predicted molar refractivity (Wildman–Crippen MR) is 103 cm³/mol. The molecule has 0 amide bonds. The first-order chi connectivity index (χ1) is 15.6. The molecule has 0 fully saturated rings. The Bertz CT molecular complexity index is 1140. The zero-order chi connectivity index (χ0) is 25.7. The highest BCUT2D eigenvalue weighted by molar-refractivity contribution is 6.31. The molecule has 2 N–H and O–H groups in total. The van der Waals surface area contributed by atoms with E-state index in [0.717, 1.165) is 6.07 Å². The van der Waals surface area contributed by atoms with E-state index in [9.17, 15) is 49.1 Å². The first-order valence-electron chi connectivity index (χ1n) is 9.55. The van der Waals surface area contributed by atoms with Gasteiger partial charge in [-0.25, -0.2) is 0 Å². The minimum absolute atomic E-state index is 0.0158. The highest BCUT2D eigenvalue weighted by atomic mass is 19.4. The third kappa shape index (κ3) is 3.76. The van der Waals surface area contributed by atoms with Crippen molar-refractivity contribution in [2.75, 3.05) is 24.2 Å². The zero-order valence-electron chi connectivity index (χ0n) is 17.1. The molecular weight excluding hydrogens is 483 g/mol. The number of nitrogens with one attached hydrogen (secondary N) is 2. The summed E-state index contributed by atoms with van der Waals surface area (Å²) in [6.07, 6.45) is -9.04. The molecule has 13 heteroatoms. The van der Waals surface area contributed by atoms with Crippen molar-refractivity contribution >= 4 is 22.9 Å². The molecule has 0 radical (unpaired) electrons. The minimum atomic E-state index is -6.98. The van der Waals surface area contributed by atoms with E-state index in [0.29, 0.717) is 0 Å². The second-order valence-corrected chi connectivity index (χ2v) is 7.39. The number of carbonyl (C=O) groups is 2. The van der Waals surface area contributed by atoms with Crippen molar-refractivity contribution in [2.24, 2.45) is 0 Å². The van der Waals surface area contributed by atoms with Crippen LogP contribution in [0, 0.1) is 0 Å². The molecule has 0 aromatic heterocycles. The van der Waals surface area contributed by atoms with E-state index >= 15 is 0 Å². The van der Waals surface area contributed by atoms with Crippen LogP contribution in [0.2, 0.25) is 0 Å². The smallest absolute Gasteiger partial charge is 0.388 e. The average molecular weight is 498 g/mol. The van der Waals surface area contributed by atoms with Gasteiger partial charge in [0.25, 0.3) is 0 Å². The average Bonchev–Trinajstić information content (AvgIpc) is 2.76. The molecule has 0 spiro atoms. The number of fused-ring (bicyclic) bond motifs is 2. The molecule has 0 saturated heterocycles. The Morgan fingerprint density at radius 1 is 0.706 bits per heavy atom. The van der Waals surface area contributed by atoms with Crippen molar-refractivity contribution in [3.05, 3.63) is 58.7 Å². The number of hydrogen-bond donors (Lipinski definition) is 2. The molecule has 0 unspecified atom stereocenters. The summed E-state index contributed by atoms with van der Waals surface area (Å²) < 4.78 is 117. The zero-order valence-corrected chi connectivity index (χ0v) is 17.1. The van der Waals surface area contributed by atoms with Gasteiger partial charge in [-0.2, -0.15) is 39.5 Å². The van der Waals surface area contributed by atoms with Crippen molar-refractivity contribution < 1.29 is 49.1 Å². The molecule has 0 saturated carbocycles. The number of benzene rings is 2. The van der Waals surface area contributed by atoms with Gasteiger partial charge in [-0.15, -0.1) is 0 Å². The minimum Gasteiger partial charge on any atom is -0.388 e. The Balaban J connectivity index is 1.91. The van der Waals surface area contributed by atoms with Crippen LogP contribution < -0.4 is 10.6 Å². The van der Waals surface area contributed by atoms with Crippen LogP contribution in [0.1, 0.15) is 38.3 Å². The van der Waals surface area contributed by atoms with E-state index in [4.69, 9.17) is 0 Å². The molecule has 0 bridgehead atoms. The highest BCUT2D eigenvalue weighted by Crippen LogP contribution is 2.54. The number of hydrogen-bond acceptors (Lipinski definition) is 4. The molecule has 0 atom stereocenters. The van der Waals surface area contributed by atoms with Gasteiger partial charge in [0.2, 0.25) is 0 Å². The maximum atomic E-state index is 13.8. The van der Waals surface area contributed by atoms with Gasteiger partial charge in [0.05, 0.1) is 11.1 Å². The summed E-state index contributed by atoms with van der Waals surface area (Å²) in [5, 5.41) is 4.87. The Hall–Kier alpha value is -3.25. The summed E-state index contributed by atoms with van der Waals surface area (Å²) in [5.74, 6) is -20.8. The molecule has 1 aliphatic rings. The lowest BCUT2D eigenvalue weighted by Gasteiger charge is -2.33. The third-order valence-electron chi connectivity index (χ3n) is 5.31. The van der Waals surface area contributed by atoms with Gasteiger partial charge < -0.3 is 10.6 Å². The molecule has 2 aromatic rings. The van der Waals surface area contributed by atoms with Crippen LogP contribution in [0.5, 0.6) is 0 Å². The molecule has 184 valence electrons. The molecule has 0 aliphatic heterocycles. The standard InChI is InChI=1S/C21H15F9N2O2/c1-31-12-6-7-13(15-14(12)16(33)10-4-2-3-5-11(10)17(15)34)32-9-8-18(22,23)19(24,25)20(26,27)21(28,29)30/h2-7,31-32H,8-9H2,1H3. The number of ketones is 2. The second-order valence-electron chi connectivity index (χ2n) is 7.39. The van der Waals surface area contributed by atoms with E-state index in [1.54, 1.807) is 0 Å². The van der Waals surface area contributed by atoms with Crippen LogP contribution in [0.4, 0.5) is 50.9 Å². The molecule has 0 heterocycles. The van der Waals surface area contributed by atoms with Gasteiger partial charge in [0.15, 0.2) is 11.6 Å². The van der Waals surface area contributed by atoms with Crippen molar-refractivity contribution in [1.29, 1.82) is 0 Å². The van der Waals surface area contributed by atoms with Gasteiger partial charge >= 0.3 is 23.9 Å². The quantitative estimate of drug-likeness (QED) is 0.406. The van der Waals surface area contributed by atoms with Crippen LogP contribution in [0.15, 0.2) is 36.4 Å². The van der Waals surface area contributed by atoms with E-state index in [2.05, 4.69) is 10.6 Å². The van der Waals surface area contributed by atoms with Crippen molar-refractivity contribution in [1.82, 2.24) is 0 Å². The van der Waals surface area contributed by atoms with Gasteiger partial charge in [-0.05, 0) is 12.1 Å². The van der Waals surface area contributed by atoms with Crippen LogP contribution in [-0.4, -0.2) is 49.1 Å². The SMILES string of the molecule is CNc1ccc(NCCC(F)(F)C(F)(F)C(F)(F)C(F)(F)F)c2c1C(=O)c1ccccc1C2=O. The molecular formula is C21H15F9N2O2. The van der Waals surface area contributed by atoms with Gasteiger partial charge in [-0.1, -0.05) is 24.3 Å². The summed E-state index contributed by atoms with van der Waals surface area (Å²) in [6.45, 7) is -1.22. The van der Waals surface area contributed by atoms with Gasteiger partial charge in [0.1, 0.15) is 0 Å². The number of anilines is 2. The number of rotatable bonds is 7. The lowest BCUT2D eigenvalue weighted by molar-refractivity contribution is -0.396. The van der Waals surface area contributed by atoms with E-state index in [1.807, 2.05) is 0 Å². The summed E-state index contributed by atoms with van der Waals surface area (Å²) in [7, 11) is 1.43. The predicted octanol–water partition coefficient (Wildman–Crippen LogP) is 5.77. The Morgan fingerprint density at radius 2 is 1.18 bits per heavy atom. The van der Waals surface area contributed by atoms with Crippen molar-refractivity contribution in [2.45, 2.75) is 30.4 Å². The first kappa shape index (κ1) is 25.4. The molecule has 1 aliphatic carbocycles. The maximum Gasteiger partial charge on any atom is 0.460 e. The highest BCUT2D eigenvalue weighted by Gasteiger charge is 2.81. The van der Waals surface area contributed by atoms with Crippen LogP contribution >= 0.6 is 0 Å². The lowest BCUT2D eigenvalue weighted by atomic mass is 9.82. The lowest BCUT2D eigenvalue weighted by Crippen LogP contribution is -2.61. The monoisotopic (exact) mass is 498 g/mol. The number of carbonyl (C=O) groups excluding carboxylic acids is 2. The van der Waals surface area contributed by atoms with Crippen LogP contribution in [0.25, 0.3) is 0 Å². The number of halogens is 9. The van der Waals surface area contributed by atoms with Crippen LogP contribution in [-0.2, 0) is 0 Å². The second kappa shape index (κ2) is 8.20. The number of alkyl halides is 9. The first-order valence-corrected chi connectivity index (χ1v) is 9.55. The van der Waals surface area contributed by atoms with Crippen LogP contribution in [0.3, 0.4) is 0 Å². The van der Waals surface area contributed by atoms with E-state index in [-0.39, 0.29) is 33.6 Å². The molecule has 3 rings (SSSR count). The largest absolute Gasteiger partial charge is 0.460 e. The Labute approximate surface area is 186 Å². The van der Waals surface area contributed by atoms with E-state index in [1.165, 1.54) is 37.4 Å². The Morgan fingerprint density at radius 3 is 1.65 bits per heavy atom. The summed E-state index contributed by atoms with van der Waals surface area (Å²) in [4.78, 5) is 25.9. The fourth-order valence-corrected chi connectivity index (χ4v) is 3.50. The normalized spacial score (nSPS) is 14.5. The fourth-order valence-electron chi connectivity index (χ4n) is 3.50. The topological polar surface area (TPSA) is 58.2 Å². The summed E-state index contributed by atoms with van der Waals surface area (Å²) in [5.41, 5.74) is -0.450. The van der Waals surface area contributed by atoms with Crippen molar-refractivity contribution in [3.63, 3.8) is 0 Å².